The Morgan fingerprint density at radius 1 is 1.23 bits per heavy atom. The monoisotopic (exact) mass is 184 g/mol. The Hall–Kier alpha value is -0.0800. The third-order valence-electron chi connectivity index (χ3n) is 3.19. The quantitative estimate of drug-likeness (QED) is 0.680. The van der Waals surface area contributed by atoms with Crippen molar-refractivity contribution in [2.24, 2.45) is 5.92 Å². The molecule has 78 valence electrons. The average molecular weight is 184 g/mol. The van der Waals surface area contributed by atoms with Gasteiger partial charge in [-0.25, -0.2) is 0 Å². The molecule has 1 fully saturated rings. The fourth-order valence-electron chi connectivity index (χ4n) is 1.94. The second-order valence-electron chi connectivity index (χ2n) is 4.12. The van der Waals surface area contributed by atoms with Crippen LogP contribution in [0.2, 0.25) is 0 Å². The van der Waals surface area contributed by atoms with Crippen LogP contribution in [0.1, 0.15) is 39.5 Å². The molecular formula is C11H24N2. The SMILES string of the molecule is CCC(CC)CNC1CCNCC1. The minimum atomic E-state index is 0.779. The molecule has 0 aromatic carbocycles. The third kappa shape index (κ3) is 4.10. The summed E-state index contributed by atoms with van der Waals surface area (Å²) in [6, 6.07) is 0.779. The van der Waals surface area contributed by atoms with Crippen LogP contribution in [0, 0.1) is 5.92 Å². The Morgan fingerprint density at radius 2 is 1.85 bits per heavy atom. The maximum atomic E-state index is 3.68. The normalized spacial score (nSPS) is 19.6. The maximum absolute atomic E-state index is 3.68. The van der Waals surface area contributed by atoms with Crippen LogP contribution in [0.3, 0.4) is 0 Å². The first kappa shape index (κ1) is 11.0. The molecule has 2 heteroatoms. The van der Waals surface area contributed by atoms with Gasteiger partial charge >= 0.3 is 0 Å². The zero-order chi connectivity index (χ0) is 9.52. The van der Waals surface area contributed by atoms with Crippen molar-refractivity contribution in [3.05, 3.63) is 0 Å². The summed E-state index contributed by atoms with van der Waals surface area (Å²) in [6.45, 7) is 8.19. The highest BCUT2D eigenvalue weighted by atomic mass is 15.0. The van der Waals surface area contributed by atoms with Crippen molar-refractivity contribution in [3.8, 4) is 0 Å². The molecule has 0 radical (unpaired) electrons. The van der Waals surface area contributed by atoms with Gasteiger partial charge in [-0.1, -0.05) is 26.7 Å². The summed E-state index contributed by atoms with van der Waals surface area (Å²) in [4.78, 5) is 0. The maximum Gasteiger partial charge on any atom is 0.00913 e. The highest BCUT2D eigenvalue weighted by Gasteiger charge is 2.13. The molecular weight excluding hydrogens is 160 g/mol. The lowest BCUT2D eigenvalue weighted by Crippen LogP contribution is -2.41. The highest BCUT2D eigenvalue weighted by molar-refractivity contribution is 4.75. The Kier molecular flexibility index (Phi) is 5.40. The van der Waals surface area contributed by atoms with Crippen molar-refractivity contribution in [1.29, 1.82) is 0 Å². The molecule has 0 unspecified atom stereocenters. The summed E-state index contributed by atoms with van der Waals surface area (Å²) in [7, 11) is 0. The van der Waals surface area contributed by atoms with Crippen LogP contribution in [0.4, 0.5) is 0 Å². The third-order valence-corrected chi connectivity index (χ3v) is 3.19. The molecule has 0 spiro atoms. The van der Waals surface area contributed by atoms with E-state index in [0.717, 1.165) is 12.0 Å². The topological polar surface area (TPSA) is 24.1 Å². The standard InChI is InChI=1S/C11H24N2/c1-3-10(4-2)9-13-11-5-7-12-8-6-11/h10-13H,3-9H2,1-2H3. The molecule has 1 heterocycles. The fraction of sp³-hybridized carbons (Fsp3) is 1.00. The molecule has 0 atom stereocenters. The summed E-state index contributed by atoms with van der Waals surface area (Å²) in [5, 5.41) is 7.07. The van der Waals surface area contributed by atoms with E-state index in [0.29, 0.717) is 0 Å². The largest absolute Gasteiger partial charge is 0.317 e. The minimum absolute atomic E-state index is 0.779. The van der Waals surface area contributed by atoms with Crippen LogP contribution >= 0.6 is 0 Å². The first-order valence-electron chi connectivity index (χ1n) is 5.80. The summed E-state index contributed by atoms with van der Waals surface area (Å²) >= 11 is 0. The molecule has 1 aliphatic rings. The summed E-state index contributed by atoms with van der Waals surface area (Å²) in [6.07, 6.45) is 5.24. The second kappa shape index (κ2) is 6.39. The van der Waals surface area contributed by atoms with Crippen molar-refractivity contribution in [2.75, 3.05) is 19.6 Å². The van der Waals surface area contributed by atoms with Crippen molar-refractivity contribution < 1.29 is 0 Å². The summed E-state index contributed by atoms with van der Waals surface area (Å²) in [5.41, 5.74) is 0. The van der Waals surface area contributed by atoms with Gasteiger partial charge in [0.2, 0.25) is 0 Å². The molecule has 1 rings (SSSR count). The van der Waals surface area contributed by atoms with Crippen LogP contribution in [0.15, 0.2) is 0 Å². The summed E-state index contributed by atoms with van der Waals surface area (Å²) in [5.74, 6) is 0.884. The van der Waals surface area contributed by atoms with Crippen molar-refractivity contribution >= 4 is 0 Å². The van der Waals surface area contributed by atoms with E-state index in [9.17, 15) is 0 Å². The zero-order valence-corrected chi connectivity index (χ0v) is 9.10. The van der Waals surface area contributed by atoms with Gasteiger partial charge in [-0.05, 0) is 38.4 Å². The molecule has 2 N–H and O–H groups in total. The molecule has 1 saturated heterocycles. The number of rotatable bonds is 5. The lowest BCUT2D eigenvalue weighted by atomic mass is 10.0. The number of hydrogen-bond acceptors (Lipinski definition) is 2. The molecule has 0 aliphatic carbocycles. The second-order valence-corrected chi connectivity index (χ2v) is 4.12. The molecule has 1 aliphatic heterocycles. The van der Waals surface area contributed by atoms with Gasteiger partial charge < -0.3 is 10.6 Å². The molecule has 2 nitrogen and oxygen atoms in total. The smallest absolute Gasteiger partial charge is 0.00913 e. The van der Waals surface area contributed by atoms with Gasteiger partial charge in [-0.15, -0.1) is 0 Å². The van der Waals surface area contributed by atoms with E-state index in [1.54, 1.807) is 0 Å². The lowest BCUT2D eigenvalue weighted by molar-refractivity contribution is 0.349. The van der Waals surface area contributed by atoms with E-state index in [1.807, 2.05) is 0 Å². The Morgan fingerprint density at radius 3 is 2.38 bits per heavy atom. The van der Waals surface area contributed by atoms with Crippen LogP contribution in [-0.4, -0.2) is 25.7 Å². The van der Waals surface area contributed by atoms with Gasteiger partial charge in [-0.2, -0.15) is 0 Å². The van der Waals surface area contributed by atoms with E-state index in [1.165, 1.54) is 45.3 Å². The first-order chi connectivity index (χ1) is 6.36. The molecule has 0 aromatic rings. The van der Waals surface area contributed by atoms with Crippen molar-refractivity contribution in [1.82, 2.24) is 10.6 Å². The first-order valence-corrected chi connectivity index (χ1v) is 5.80. The number of nitrogens with one attached hydrogen (secondary N) is 2. The van der Waals surface area contributed by atoms with E-state index in [-0.39, 0.29) is 0 Å². The van der Waals surface area contributed by atoms with Crippen molar-refractivity contribution in [3.63, 3.8) is 0 Å². The van der Waals surface area contributed by atoms with Gasteiger partial charge in [0.1, 0.15) is 0 Å². The summed E-state index contributed by atoms with van der Waals surface area (Å²) < 4.78 is 0. The molecule has 0 aromatic heterocycles. The van der Waals surface area contributed by atoms with Crippen LogP contribution < -0.4 is 10.6 Å². The molecule has 0 bridgehead atoms. The number of hydrogen-bond donors (Lipinski definition) is 2. The van der Waals surface area contributed by atoms with Gasteiger partial charge in [0.15, 0.2) is 0 Å². The Bertz CT molecular complexity index is 115. The average Bonchev–Trinajstić information content (AvgIpc) is 2.21. The lowest BCUT2D eigenvalue weighted by Gasteiger charge is -2.25. The van der Waals surface area contributed by atoms with Gasteiger partial charge in [0.05, 0.1) is 0 Å². The van der Waals surface area contributed by atoms with Crippen LogP contribution in [0.5, 0.6) is 0 Å². The van der Waals surface area contributed by atoms with Gasteiger partial charge in [0, 0.05) is 6.04 Å². The van der Waals surface area contributed by atoms with E-state index < -0.39 is 0 Å². The Labute approximate surface area is 82.5 Å². The molecule has 0 amide bonds. The van der Waals surface area contributed by atoms with E-state index in [4.69, 9.17) is 0 Å². The van der Waals surface area contributed by atoms with Gasteiger partial charge in [-0.3, -0.25) is 0 Å². The zero-order valence-electron chi connectivity index (χ0n) is 9.10. The highest BCUT2D eigenvalue weighted by Crippen LogP contribution is 2.08. The molecule has 13 heavy (non-hydrogen) atoms. The molecule has 0 saturated carbocycles. The van der Waals surface area contributed by atoms with Gasteiger partial charge in [0.25, 0.3) is 0 Å². The Balaban J connectivity index is 2.09. The minimum Gasteiger partial charge on any atom is -0.317 e. The van der Waals surface area contributed by atoms with Crippen LogP contribution in [0.25, 0.3) is 0 Å². The van der Waals surface area contributed by atoms with Crippen molar-refractivity contribution in [2.45, 2.75) is 45.6 Å². The van der Waals surface area contributed by atoms with E-state index in [2.05, 4.69) is 24.5 Å². The number of piperidine rings is 1. The predicted octanol–water partition coefficient (Wildman–Crippen LogP) is 1.76. The van der Waals surface area contributed by atoms with Crippen LogP contribution in [-0.2, 0) is 0 Å². The fourth-order valence-corrected chi connectivity index (χ4v) is 1.94. The predicted molar refractivity (Wildman–Crippen MR) is 58.0 cm³/mol. The van der Waals surface area contributed by atoms with E-state index >= 15 is 0 Å².